The predicted octanol–water partition coefficient (Wildman–Crippen LogP) is 2.48. The van der Waals surface area contributed by atoms with Gasteiger partial charge in [0.15, 0.2) is 0 Å². The lowest BCUT2D eigenvalue weighted by Crippen LogP contribution is -2.37. The molecule has 2 atom stereocenters. The average Bonchev–Trinajstić information content (AvgIpc) is 2.76. The summed E-state index contributed by atoms with van der Waals surface area (Å²) in [5.41, 5.74) is 0.603. The van der Waals surface area contributed by atoms with Gasteiger partial charge in [-0.05, 0) is 32.3 Å². The Labute approximate surface area is 93.8 Å². The van der Waals surface area contributed by atoms with Gasteiger partial charge >= 0.3 is 0 Å². The van der Waals surface area contributed by atoms with Crippen molar-refractivity contribution in [3.8, 4) is 0 Å². The molecule has 1 N–H and O–H groups in total. The lowest BCUT2D eigenvalue weighted by Gasteiger charge is -2.15. The summed E-state index contributed by atoms with van der Waals surface area (Å²) < 4.78 is 5.08. The van der Waals surface area contributed by atoms with Crippen molar-refractivity contribution in [3.63, 3.8) is 0 Å². The molecule has 0 spiro atoms. The number of amides is 1. The van der Waals surface area contributed by atoms with Crippen LogP contribution < -0.4 is 5.32 Å². The van der Waals surface area contributed by atoms with Crippen molar-refractivity contribution in [2.45, 2.75) is 37.6 Å². The minimum atomic E-state index is -0.0844. The van der Waals surface area contributed by atoms with Crippen molar-refractivity contribution in [2.24, 2.45) is 0 Å². The van der Waals surface area contributed by atoms with E-state index in [0.29, 0.717) is 11.3 Å². The molecule has 3 nitrogen and oxygen atoms in total. The van der Waals surface area contributed by atoms with Gasteiger partial charge in [0.1, 0.15) is 5.76 Å². The second kappa shape index (κ2) is 4.27. The van der Waals surface area contributed by atoms with Crippen LogP contribution >= 0.6 is 11.6 Å². The van der Waals surface area contributed by atoms with E-state index in [1.165, 1.54) is 6.26 Å². The fourth-order valence-corrected chi connectivity index (χ4v) is 2.29. The highest BCUT2D eigenvalue weighted by molar-refractivity contribution is 6.21. The maximum Gasteiger partial charge on any atom is 0.255 e. The van der Waals surface area contributed by atoms with Crippen LogP contribution in [0.4, 0.5) is 0 Å². The Bertz CT molecular complexity index is 361. The number of hydrogen-bond acceptors (Lipinski definition) is 2. The normalized spacial score (nSPS) is 25.5. The fraction of sp³-hybridized carbons (Fsp3) is 0.545. The number of carbonyl (C=O) groups is 1. The molecule has 4 heteroatoms. The summed E-state index contributed by atoms with van der Waals surface area (Å²) in [4.78, 5) is 11.8. The Morgan fingerprint density at radius 2 is 2.40 bits per heavy atom. The molecular weight excluding hydrogens is 214 g/mol. The Kier molecular flexibility index (Phi) is 3.00. The van der Waals surface area contributed by atoms with Gasteiger partial charge in [0.05, 0.1) is 17.2 Å². The first-order chi connectivity index (χ1) is 7.18. The average molecular weight is 228 g/mol. The molecule has 2 unspecified atom stereocenters. The fourth-order valence-electron chi connectivity index (χ4n) is 1.94. The highest BCUT2D eigenvalue weighted by Gasteiger charge is 2.27. The van der Waals surface area contributed by atoms with Crippen molar-refractivity contribution in [1.82, 2.24) is 5.32 Å². The van der Waals surface area contributed by atoms with E-state index in [1.807, 2.05) is 0 Å². The van der Waals surface area contributed by atoms with E-state index < -0.39 is 0 Å². The van der Waals surface area contributed by atoms with Crippen LogP contribution in [0.25, 0.3) is 0 Å². The van der Waals surface area contributed by atoms with Crippen LogP contribution in [0.5, 0.6) is 0 Å². The third-order valence-corrected chi connectivity index (χ3v) is 3.37. The minimum Gasteiger partial charge on any atom is -0.469 e. The molecule has 1 saturated carbocycles. The first kappa shape index (κ1) is 10.6. The zero-order valence-electron chi connectivity index (χ0n) is 8.63. The third-order valence-electron chi connectivity index (χ3n) is 2.85. The van der Waals surface area contributed by atoms with Crippen LogP contribution in [0.1, 0.15) is 35.4 Å². The Morgan fingerprint density at radius 1 is 1.60 bits per heavy atom. The summed E-state index contributed by atoms with van der Waals surface area (Å²) in [5.74, 6) is 0.565. The zero-order chi connectivity index (χ0) is 10.8. The molecule has 0 bridgehead atoms. The molecule has 15 heavy (non-hydrogen) atoms. The highest BCUT2D eigenvalue weighted by Crippen LogP contribution is 2.24. The van der Waals surface area contributed by atoms with E-state index in [9.17, 15) is 4.79 Å². The van der Waals surface area contributed by atoms with Gasteiger partial charge < -0.3 is 9.73 Å². The van der Waals surface area contributed by atoms with E-state index in [4.69, 9.17) is 16.0 Å². The maximum atomic E-state index is 11.8. The third kappa shape index (κ3) is 2.17. The number of nitrogens with one attached hydrogen (secondary N) is 1. The lowest BCUT2D eigenvalue weighted by molar-refractivity contribution is 0.0937. The molecule has 1 fully saturated rings. The molecular formula is C11H14ClNO2. The van der Waals surface area contributed by atoms with E-state index in [2.05, 4.69) is 5.32 Å². The molecule has 82 valence electrons. The summed E-state index contributed by atoms with van der Waals surface area (Å²) >= 11 is 6.09. The van der Waals surface area contributed by atoms with Gasteiger partial charge in [-0.15, -0.1) is 11.6 Å². The first-order valence-corrected chi connectivity index (χ1v) is 5.61. The SMILES string of the molecule is Cc1occc1C(=O)NC1CCCC1Cl. The van der Waals surface area contributed by atoms with Crippen LogP contribution in [-0.2, 0) is 0 Å². The van der Waals surface area contributed by atoms with Gasteiger partial charge in [-0.1, -0.05) is 0 Å². The number of aryl methyl sites for hydroxylation is 1. The molecule has 0 radical (unpaired) electrons. The number of halogens is 1. The minimum absolute atomic E-state index is 0.0705. The molecule has 0 saturated heterocycles. The van der Waals surface area contributed by atoms with Crippen molar-refractivity contribution in [3.05, 3.63) is 23.7 Å². The second-order valence-electron chi connectivity index (χ2n) is 3.92. The lowest BCUT2D eigenvalue weighted by atomic mass is 10.2. The molecule has 1 heterocycles. The molecule has 1 aliphatic rings. The quantitative estimate of drug-likeness (QED) is 0.789. The summed E-state index contributed by atoms with van der Waals surface area (Å²) in [6.07, 6.45) is 4.56. The Balaban J connectivity index is 2.01. The van der Waals surface area contributed by atoms with E-state index in [-0.39, 0.29) is 17.3 Å². The number of furan rings is 1. The van der Waals surface area contributed by atoms with Gasteiger partial charge in [0.2, 0.25) is 0 Å². The number of hydrogen-bond donors (Lipinski definition) is 1. The summed E-state index contributed by atoms with van der Waals surface area (Å²) in [7, 11) is 0. The van der Waals surface area contributed by atoms with Crippen LogP contribution in [0.15, 0.2) is 16.7 Å². The second-order valence-corrected chi connectivity index (χ2v) is 4.48. The Morgan fingerprint density at radius 3 is 2.93 bits per heavy atom. The van der Waals surface area contributed by atoms with Crippen LogP contribution in [0, 0.1) is 6.92 Å². The maximum absolute atomic E-state index is 11.8. The predicted molar refractivity (Wildman–Crippen MR) is 58.2 cm³/mol. The summed E-state index contributed by atoms with van der Waals surface area (Å²) in [6, 6.07) is 1.79. The van der Waals surface area contributed by atoms with Crippen molar-refractivity contribution >= 4 is 17.5 Å². The highest BCUT2D eigenvalue weighted by atomic mass is 35.5. The molecule has 2 rings (SSSR count). The summed E-state index contributed by atoms with van der Waals surface area (Å²) in [6.45, 7) is 1.78. The molecule has 0 aromatic carbocycles. The number of alkyl halides is 1. The van der Waals surface area contributed by atoms with Gasteiger partial charge in [-0.2, -0.15) is 0 Å². The number of rotatable bonds is 2. The van der Waals surface area contributed by atoms with Crippen molar-refractivity contribution < 1.29 is 9.21 Å². The smallest absolute Gasteiger partial charge is 0.255 e. The van der Waals surface area contributed by atoms with Gasteiger partial charge in [-0.3, -0.25) is 4.79 Å². The van der Waals surface area contributed by atoms with Gasteiger partial charge in [0.25, 0.3) is 5.91 Å². The van der Waals surface area contributed by atoms with Crippen LogP contribution in [0.3, 0.4) is 0 Å². The molecule has 1 amide bonds. The van der Waals surface area contributed by atoms with Gasteiger partial charge in [0, 0.05) is 6.04 Å². The van der Waals surface area contributed by atoms with Crippen molar-refractivity contribution in [1.29, 1.82) is 0 Å². The summed E-state index contributed by atoms with van der Waals surface area (Å²) in [5, 5.41) is 3.01. The zero-order valence-corrected chi connectivity index (χ0v) is 9.38. The molecule has 1 aromatic rings. The number of carbonyl (C=O) groups excluding carboxylic acids is 1. The first-order valence-electron chi connectivity index (χ1n) is 5.17. The monoisotopic (exact) mass is 227 g/mol. The molecule has 1 aliphatic carbocycles. The topological polar surface area (TPSA) is 42.2 Å². The van der Waals surface area contributed by atoms with Crippen LogP contribution in [0.2, 0.25) is 0 Å². The van der Waals surface area contributed by atoms with Crippen molar-refractivity contribution in [2.75, 3.05) is 0 Å². The molecule has 0 aliphatic heterocycles. The molecule has 1 aromatic heterocycles. The van der Waals surface area contributed by atoms with E-state index in [0.717, 1.165) is 19.3 Å². The van der Waals surface area contributed by atoms with Gasteiger partial charge in [-0.25, -0.2) is 0 Å². The van der Waals surface area contributed by atoms with E-state index >= 15 is 0 Å². The van der Waals surface area contributed by atoms with Crippen LogP contribution in [-0.4, -0.2) is 17.3 Å². The Hall–Kier alpha value is -0.960. The largest absolute Gasteiger partial charge is 0.469 e. The standard InChI is InChI=1S/C11H14ClNO2/c1-7-8(5-6-15-7)11(14)13-10-4-2-3-9(10)12/h5-6,9-10H,2-4H2,1H3,(H,13,14). The van der Waals surface area contributed by atoms with E-state index in [1.54, 1.807) is 13.0 Å².